The molecule has 2 aliphatic rings. The number of fused-ring (bicyclic) bond motifs is 1. The summed E-state index contributed by atoms with van der Waals surface area (Å²) in [6.45, 7) is 8.40. The monoisotopic (exact) mass is 405 g/mol. The second-order valence-corrected chi connectivity index (χ2v) is 7.01. The maximum atomic E-state index is 10.6. The van der Waals surface area contributed by atoms with E-state index in [0.717, 1.165) is 57.3 Å². The maximum Gasteiger partial charge on any atom is 0.490 e. The van der Waals surface area contributed by atoms with Gasteiger partial charge in [-0.25, -0.2) is 4.79 Å². The number of aromatic nitrogens is 2. The van der Waals surface area contributed by atoms with Crippen molar-refractivity contribution >= 4 is 11.8 Å². The molecule has 2 atom stereocenters. The van der Waals surface area contributed by atoms with Crippen LogP contribution in [0, 0.1) is 12.3 Å². The van der Waals surface area contributed by atoms with Gasteiger partial charge in [0.1, 0.15) is 0 Å². The zero-order valence-electron chi connectivity index (χ0n) is 16.0. The van der Waals surface area contributed by atoms with Gasteiger partial charge in [0.2, 0.25) is 0 Å². The van der Waals surface area contributed by atoms with Crippen molar-refractivity contribution in [3.8, 4) is 0 Å². The minimum atomic E-state index is -5.08. The molecule has 2 aliphatic heterocycles. The van der Waals surface area contributed by atoms with E-state index in [-0.39, 0.29) is 5.41 Å². The average Bonchev–Trinajstić information content (AvgIpc) is 2.66. The smallest absolute Gasteiger partial charge is 0.475 e. The topological polar surface area (TPSA) is 84.8 Å². The van der Waals surface area contributed by atoms with Crippen molar-refractivity contribution in [3.05, 3.63) is 17.8 Å². The van der Waals surface area contributed by atoms with Crippen molar-refractivity contribution in [1.29, 1.82) is 0 Å². The Labute approximate surface area is 161 Å². The summed E-state index contributed by atoms with van der Waals surface area (Å²) in [5.41, 5.74) is 1.07. The summed E-state index contributed by atoms with van der Waals surface area (Å²) in [5.74, 6) is -1.78. The number of aliphatic carboxylic acids is 1. The number of rotatable bonds is 4. The molecule has 2 unspecified atom stereocenters. The quantitative estimate of drug-likeness (QED) is 0.825. The number of hydrogen-bond acceptors (Lipinski definition) is 6. The fourth-order valence-corrected chi connectivity index (χ4v) is 3.56. The molecule has 28 heavy (non-hydrogen) atoms. The molecule has 10 heteroatoms. The highest BCUT2D eigenvalue weighted by molar-refractivity contribution is 5.73. The second-order valence-electron chi connectivity index (χ2n) is 7.01. The summed E-state index contributed by atoms with van der Waals surface area (Å²) < 4.78 is 43.6. The Bertz CT molecular complexity index is 642. The highest BCUT2D eigenvalue weighted by Crippen LogP contribution is 2.41. The van der Waals surface area contributed by atoms with Gasteiger partial charge in [-0.3, -0.25) is 0 Å². The first-order valence-corrected chi connectivity index (χ1v) is 9.23. The highest BCUT2D eigenvalue weighted by Gasteiger charge is 2.46. The number of aryl methyl sites for hydroxylation is 1. The Hall–Kier alpha value is -1.94. The van der Waals surface area contributed by atoms with Gasteiger partial charge >= 0.3 is 12.1 Å². The lowest BCUT2D eigenvalue weighted by Gasteiger charge is -2.50. The molecule has 2 saturated heterocycles. The first-order valence-electron chi connectivity index (χ1n) is 9.23. The lowest BCUT2D eigenvalue weighted by Crippen LogP contribution is -2.57. The number of alkyl halides is 3. The van der Waals surface area contributed by atoms with E-state index in [1.165, 1.54) is 6.42 Å². The van der Waals surface area contributed by atoms with Gasteiger partial charge in [0.05, 0.1) is 18.4 Å². The van der Waals surface area contributed by atoms with Crippen LogP contribution in [0.25, 0.3) is 0 Å². The standard InChI is InChI=1S/C16H25N3O2.C2HF3O2/c1-3-20-12-16-8-4-10-21-14(16)7-9-19(11-16)15-6-5-13(2)17-18-15;3-2(4,5)1(6)7/h5-6,14H,3-4,7-12H2,1-2H3;(H,6,7). The molecule has 0 bridgehead atoms. The lowest BCUT2D eigenvalue weighted by molar-refractivity contribution is -0.192. The van der Waals surface area contributed by atoms with E-state index in [4.69, 9.17) is 19.4 Å². The number of nitrogens with zero attached hydrogens (tertiary/aromatic N) is 3. The summed E-state index contributed by atoms with van der Waals surface area (Å²) in [4.78, 5) is 11.2. The van der Waals surface area contributed by atoms with Gasteiger partial charge in [0.15, 0.2) is 5.82 Å². The molecular weight excluding hydrogens is 379 g/mol. The van der Waals surface area contributed by atoms with E-state index in [0.29, 0.717) is 6.10 Å². The lowest BCUT2D eigenvalue weighted by atomic mass is 9.73. The molecule has 0 radical (unpaired) electrons. The van der Waals surface area contributed by atoms with Crippen molar-refractivity contribution in [1.82, 2.24) is 10.2 Å². The largest absolute Gasteiger partial charge is 0.490 e. The van der Waals surface area contributed by atoms with Crippen LogP contribution in [0.4, 0.5) is 19.0 Å². The molecule has 2 fully saturated rings. The Morgan fingerprint density at radius 1 is 1.43 bits per heavy atom. The Balaban J connectivity index is 0.000000345. The summed E-state index contributed by atoms with van der Waals surface area (Å²) in [6, 6.07) is 4.10. The molecule has 0 aromatic carbocycles. The Kier molecular flexibility index (Phi) is 7.59. The van der Waals surface area contributed by atoms with Crippen LogP contribution in [0.1, 0.15) is 31.9 Å². The van der Waals surface area contributed by atoms with Crippen LogP contribution in [0.15, 0.2) is 12.1 Å². The molecular formula is C18H26F3N3O4. The van der Waals surface area contributed by atoms with Crippen molar-refractivity contribution in [2.24, 2.45) is 5.41 Å². The zero-order valence-corrected chi connectivity index (χ0v) is 16.0. The molecule has 0 amide bonds. The molecule has 0 saturated carbocycles. The third kappa shape index (κ3) is 5.78. The molecule has 3 heterocycles. The molecule has 7 nitrogen and oxygen atoms in total. The molecule has 0 aliphatic carbocycles. The van der Waals surface area contributed by atoms with E-state index in [9.17, 15) is 13.2 Å². The third-order valence-electron chi connectivity index (χ3n) is 4.93. The van der Waals surface area contributed by atoms with Gasteiger partial charge in [-0.2, -0.15) is 18.3 Å². The molecule has 1 N–H and O–H groups in total. The van der Waals surface area contributed by atoms with Crippen LogP contribution in [0.3, 0.4) is 0 Å². The number of hydrogen-bond donors (Lipinski definition) is 1. The fraction of sp³-hybridized carbons (Fsp3) is 0.722. The summed E-state index contributed by atoms with van der Waals surface area (Å²) in [5, 5.41) is 15.7. The van der Waals surface area contributed by atoms with E-state index >= 15 is 0 Å². The number of halogens is 3. The fourth-order valence-electron chi connectivity index (χ4n) is 3.56. The van der Waals surface area contributed by atoms with Crippen LogP contribution in [-0.2, 0) is 14.3 Å². The van der Waals surface area contributed by atoms with Crippen LogP contribution in [-0.4, -0.2) is 66.5 Å². The van der Waals surface area contributed by atoms with Crippen LogP contribution < -0.4 is 4.90 Å². The van der Waals surface area contributed by atoms with Gasteiger partial charge < -0.3 is 19.5 Å². The van der Waals surface area contributed by atoms with Crippen LogP contribution in [0.2, 0.25) is 0 Å². The number of anilines is 1. The van der Waals surface area contributed by atoms with E-state index in [2.05, 4.69) is 28.1 Å². The number of piperidine rings is 1. The minimum absolute atomic E-state index is 0.110. The first-order chi connectivity index (χ1) is 13.2. The normalized spacial score (nSPS) is 24.8. The predicted octanol–water partition coefficient (Wildman–Crippen LogP) is 2.83. The number of carbonyl (C=O) groups is 1. The highest BCUT2D eigenvalue weighted by atomic mass is 19.4. The Morgan fingerprint density at radius 2 is 2.14 bits per heavy atom. The van der Waals surface area contributed by atoms with Crippen molar-refractivity contribution < 1.29 is 32.5 Å². The molecule has 3 rings (SSSR count). The minimum Gasteiger partial charge on any atom is -0.475 e. The van der Waals surface area contributed by atoms with E-state index in [1.54, 1.807) is 0 Å². The zero-order chi connectivity index (χ0) is 20.8. The van der Waals surface area contributed by atoms with E-state index < -0.39 is 12.1 Å². The predicted molar refractivity (Wildman–Crippen MR) is 95.2 cm³/mol. The van der Waals surface area contributed by atoms with Crippen molar-refractivity contribution in [3.63, 3.8) is 0 Å². The first kappa shape index (κ1) is 22.4. The van der Waals surface area contributed by atoms with Crippen LogP contribution >= 0.6 is 0 Å². The molecule has 158 valence electrons. The SMILES string of the molecule is CCOCC12CCCOC1CCN(c1ccc(C)nn1)C2.O=C(O)C(F)(F)F. The summed E-state index contributed by atoms with van der Waals surface area (Å²) in [7, 11) is 0. The van der Waals surface area contributed by atoms with Crippen molar-refractivity contribution in [2.45, 2.75) is 45.4 Å². The van der Waals surface area contributed by atoms with Gasteiger partial charge in [-0.1, -0.05) is 0 Å². The Morgan fingerprint density at radius 3 is 2.71 bits per heavy atom. The van der Waals surface area contributed by atoms with Gasteiger partial charge in [0.25, 0.3) is 0 Å². The van der Waals surface area contributed by atoms with E-state index in [1.807, 2.05) is 13.0 Å². The van der Waals surface area contributed by atoms with Gasteiger partial charge in [-0.15, -0.1) is 5.10 Å². The summed E-state index contributed by atoms with van der Waals surface area (Å²) in [6.07, 6.45) is -1.42. The second kappa shape index (κ2) is 9.51. The maximum absolute atomic E-state index is 10.6. The van der Waals surface area contributed by atoms with Crippen LogP contribution in [0.5, 0.6) is 0 Å². The number of carboxylic acids is 1. The molecule has 1 aromatic rings. The number of carboxylic acid groups (broad SMARTS) is 1. The average molecular weight is 405 g/mol. The number of ether oxygens (including phenoxy) is 2. The summed E-state index contributed by atoms with van der Waals surface area (Å²) >= 11 is 0. The van der Waals surface area contributed by atoms with Gasteiger partial charge in [0, 0.05) is 31.7 Å². The third-order valence-corrected chi connectivity index (χ3v) is 4.93. The van der Waals surface area contributed by atoms with Crippen molar-refractivity contribution in [2.75, 3.05) is 37.8 Å². The van der Waals surface area contributed by atoms with Gasteiger partial charge in [-0.05, 0) is 45.2 Å². The molecule has 1 aromatic heterocycles. The molecule has 0 spiro atoms.